The predicted octanol–water partition coefficient (Wildman–Crippen LogP) is 19.4. The fourth-order valence-electron chi connectivity index (χ4n) is 13.0. The Bertz CT molecular complexity index is 4380. The van der Waals surface area contributed by atoms with Crippen LogP contribution < -0.4 is 4.90 Å². The zero-order valence-electron chi connectivity index (χ0n) is 40.4. The first-order valence-corrected chi connectivity index (χ1v) is 26.1. The molecule has 13 aromatic rings. The first-order valence-electron chi connectivity index (χ1n) is 25.3. The Hall–Kier alpha value is -8.76. The molecule has 2 aliphatic carbocycles. The third-order valence-electron chi connectivity index (χ3n) is 16.2. The number of benzene rings is 11. The summed E-state index contributed by atoms with van der Waals surface area (Å²) in [6, 6.07) is 92.6. The Kier molecular flexibility index (Phi) is 9.12. The predicted molar refractivity (Wildman–Crippen MR) is 307 cm³/mol. The Morgan fingerprint density at radius 2 is 0.932 bits per heavy atom. The lowest BCUT2D eigenvalue weighted by Crippen LogP contribution is -2.28. The summed E-state index contributed by atoms with van der Waals surface area (Å²) in [6.07, 6.45) is 0. The van der Waals surface area contributed by atoms with Gasteiger partial charge in [0.2, 0.25) is 0 Å². The van der Waals surface area contributed by atoms with Crippen molar-refractivity contribution in [2.24, 2.45) is 0 Å². The molecule has 11 aromatic carbocycles. The van der Waals surface area contributed by atoms with Gasteiger partial charge in [-0.1, -0.05) is 208 Å². The summed E-state index contributed by atoms with van der Waals surface area (Å²) in [5.41, 5.74) is 21.8. The Balaban J connectivity index is 1.04. The smallest absolute Gasteiger partial charge is 0.135 e. The molecule has 1 unspecified atom stereocenters. The first kappa shape index (κ1) is 42.0. The summed E-state index contributed by atoms with van der Waals surface area (Å²) in [5.74, 6) is 0. The van der Waals surface area contributed by atoms with Crippen LogP contribution in [0.4, 0.5) is 17.1 Å². The van der Waals surface area contributed by atoms with Crippen molar-refractivity contribution in [3.63, 3.8) is 0 Å². The molecule has 0 fully saturated rings. The fraction of sp³-hybridized carbons (Fsp3) is 0.0571. The van der Waals surface area contributed by atoms with E-state index in [1.807, 2.05) is 11.3 Å². The third kappa shape index (κ3) is 5.97. The largest absolute Gasteiger partial charge is 0.456 e. The maximum Gasteiger partial charge on any atom is 0.135 e. The summed E-state index contributed by atoms with van der Waals surface area (Å²) >= 11 is 1.87. The minimum absolute atomic E-state index is 0.146. The molecule has 2 aromatic heterocycles. The number of nitrogens with zero attached hydrogens (tertiary/aromatic N) is 1. The van der Waals surface area contributed by atoms with Gasteiger partial charge < -0.3 is 9.32 Å². The Morgan fingerprint density at radius 1 is 0.356 bits per heavy atom. The third-order valence-corrected chi connectivity index (χ3v) is 17.3. The minimum atomic E-state index is -0.669. The number of para-hydroxylation sites is 3. The van der Waals surface area contributed by atoms with Crippen LogP contribution in [0.5, 0.6) is 0 Å². The molecular weight excluding hydrogens is 903 g/mol. The van der Waals surface area contributed by atoms with Crippen molar-refractivity contribution in [3.05, 3.63) is 282 Å². The standard InChI is InChI=1S/C70H47NOS/c1-69(2)57-30-12-7-26-54(57)67-52(28-18-32-59(67)69)49-23-8-14-33-61(49)71(62-34-15-9-24-50(62)53-29-19-37-66-68(53)55-27-11-17-36-65(55)73-66)46-39-40-48-47-22-6-13-31-58(47)70(60(48)43-46,44-20-4-3-5-21-44)45-38-41-64-56(42-45)51-25-10-16-35-63(51)72-64/h3-43H,1-2H3. The van der Waals surface area contributed by atoms with Gasteiger partial charge in [0.05, 0.1) is 16.8 Å². The molecule has 2 nitrogen and oxygen atoms in total. The van der Waals surface area contributed by atoms with Gasteiger partial charge in [-0.25, -0.2) is 0 Å². The van der Waals surface area contributed by atoms with Crippen molar-refractivity contribution in [3.8, 4) is 44.5 Å². The molecule has 0 saturated heterocycles. The highest BCUT2D eigenvalue weighted by Gasteiger charge is 2.47. The van der Waals surface area contributed by atoms with E-state index < -0.39 is 5.41 Å². The number of anilines is 3. The van der Waals surface area contributed by atoms with Crippen LogP contribution in [-0.4, -0.2) is 0 Å². The van der Waals surface area contributed by atoms with E-state index in [4.69, 9.17) is 4.42 Å². The van der Waals surface area contributed by atoms with Crippen LogP contribution >= 0.6 is 11.3 Å². The number of thiophene rings is 1. The number of furan rings is 1. The lowest BCUT2D eigenvalue weighted by molar-refractivity contribution is 0.660. The quantitative estimate of drug-likeness (QED) is 0.158. The van der Waals surface area contributed by atoms with Gasteiger partial charge in [-0.3, -0.25) is 0 Å². The van der Waals surface area contributed by atoms with Crippen molar-refractivity contribution in [1.29, 1.82) is 0 Å². The Morgan fingerprint density at radius 3 is 1.75 bits per heavy atom. The molecule has 0 radical (unpaired) electrons. The second kappa shape index (κ2) is 15.9. The van der Waals surface area contributed by atoms with Crippen molar-refractivity contribution in [2.45, 2.75) is 24.7 Å². The normalized spacial score (nSPS) is 15.2. The summed E-state index contributed by atoms with van der Waals surface area (Å²) in [7, 11) is 0. The number of rotatable bonds is 7. The zero-order valence-corrected chi connectivity index (χ0v) is 41.3. The van der Waals surface area contributed by atoms with Gasteiger partial charge in [-0.15, -0.1) is 11.3 Å². The second-order valence-electron chi connectivity index (χ2n) is 20.2. The van der Waals surface area contributed by atoms with Gasteiger partial charge in [0.25, 0.3) is 0 Å². The van der Waals surface area contributed by atoms with Gasteiger partial charge in [0, 0.05) is 53.2 Å². The summed E-state index contributed by atoms with van der Waals surface area (Å²) < 4.78 is 9.07. The monoisotopic (exact) mass is 949 g/mol. The molecule has 15 rings (SSSR count). The second-order valence-corrected chi connectivity index (χ2v) is 21.3. The molecule has 1 atom stereocenters. The zero-order chi connectivity index (χ0) is 48.4. The van der Waals surface area contributed by atoms with E-state index in [1.54, 1.807) is 0 Å². The highest BCUT2D eigenvalue weighted by Crippen LogP contribution is 2.59. The van der Waals surface area contributed by atoms with E-state index >= 15 is 0 Å². The van der Waals surface area contributed by atoms with Crippen LogP contribution in [0.2, 0.25) is 0 Å². The SMILES string of the molecule is CC1(C)c2ccccc2-c2c(-c3ccccc3N(c3ccc4c(c3)C(c3ccccc3)(c3ccc5oc6ccccc6c5c3)c3ccccc3-4)c3ccccc3-c3cccc4sc5ccccc5c34)cccc21. The summed E-state index contributed by atoms with van der Waals surface area (Å²) in [5, 5.41) is 4.81. The van der Waals surface area contributed by atoms with E-state index in [2.05, 4.69) is 267 Å². The fourth-order valence-corrected chi connectivity index (χ4v) is 14.2. The first-order chi connectivity index (χ1) is 36.0. The number of fused-ring (bicyclic) bond motifs is 12. The van der Waals surface area contributed by atoms with E-state index in [9.17, 15) is 0 Å². The molecule has 0 N–H and O–H groups in total. The molecule has 0 spiro atoms. The van der Waals surface area contributed by atoms with Crippen LogP contribution in [0.3, 0.4) is 0 Å². The molecule has 0 bridgehead atoms. The molecule has 2 heterocycles. The highest BCUT2D eigenvalue weighted by molar-refractivity contribution is 7.25. The summed E-state index contributed by atoms with van der Waals surface area (Å²) in [6.45, 7) is 4.75. The van der Waals surface area contributed by atoms with Crippen molar-refractivity contribution < 1.29 is 4.42 Å². The van der Waals surface area contributed by atoms with Gasteiger partial charge in [0.15, 0.2) is 0 Å². The molecule has 0 amide bonds. The van der Waals surface area contributed by atoms with Crippen LogP contribution in [-0.2, 0) is 10.8 Å². The van der Waals surface area contributed by atoms with Gasteiger partial charge in [0.1, 0.15) is 11.2 Å². The van der Waals surface area contributed by atoms with Crippen LogP contribution in [0.25, 0.3) is 86.6 Å². The van der Waals surface area contributed by atoms with E-state index in [-0.39, 0.29) is 5.41 Å². The minimum Gasteiger partial charge on any atom is -0.456 e. The van der Waals surface area contributed by atoms with E-state index in [1.165, 1.54) is 98.1 Å². The van der Waals surface area contributed by atoms with Crippen molar-refractivity contribution in [1.82, 2.24) is 0 Å². The van der Waals surface area contributed by atoms with Crippen molar-refractivity contribution >= 4 is 70.5 Å². The number of hydrogen-bond donors (Lipinski definition) is 0. The van der Waals surface area contributed by atoms with Crippen LogP contribution in [0.15, 0.2) is 253 Å². The maximum atomic E-state index is 6.49. The van der Waals surface area contributed by atoms with Crippen LogP contribution in [0, 0.1) is 0 Å². The Labute approximate surface area is 428 Å². The van der Waals surface area contributed by atoms with E-state index in [0.29, 0.717) is 0 Å². The maximum absolute atomic E-state index is 6.49. The average Bonchev–Trinajstić information content (AvgIpc) is 4.17. The van der Waals surface area contributed by atoms with Crippen LogP contribution in [0.1, 0.15) is 47.2 Å². The molecule has 0 aliphatic heterocycles. The molecular formula is C70H47NOS. The average molecular weight is 950 g/mol. The highest BCUT2D eigenvalue weighted by atomic mass is 32.1. The lowest BCUT2D eigenvalue weighted by atomic mass is 9.67. The molecule has 73 heavy (non-hydrogen) atoms. The van der Waals surface area contributed by atoms with Crippen molar-refractivity contribution in [2.75, 3.05) is 4.90 Å². The molecule has 3 heteroatoms. The van der Waals surface area contributed by atoms with Gasteiger partial charge in [-0.05, 0) is 121 Å². The van der Waals surface area contributed by atoms with Gasteiger partial charge >= 0.3 is 0 Å². The molecule has 2 aliphatic rings. The topological polar surface area (TPSA) is 16.4 Å². The lowest BCUT2D eigenvalue weighted by Gasteiger charge is -2.35. The van der Waals surface area contributed by atoms with Gasteiger partial charge in [-0.2, -0.15) is 0 Å². The summed E-state index contributed by atoms with van der Waals surface area (Å²) in [4.78, 5) is 2.56. The molecule has 0 saturated carbocycles. The molecule has 344 valence electrons. The van der Waals surface area contributed by atoms with E-state index in [0.717, 1.165) is 39.0 Å². The number of hydrogen-bond acceptors (Lipinski definition) is 3.